The molecular weight excluding hydrogens is 320 g/mol. The van der Waals surface area contributed by atoms with Gasteiger partial charge in [0.2, 0.25) is 0 Å². The average molecular weight is 342 g/mol. The van der Waals surface area contributed by atoms with E-state index in [0.29, 0.717) is 31.1 Å². The molecule has 3 N–H and O–H groups in total. The van der Waals surface area contributed by atoms with Crippen molar-refractivity contribution < 1.29 is 9.47 Å². The molecule has 7 heteroatoms. The van der Waals surface area contributed by atoms with E-state index in [2.05, 4.69) is 10.3 Å². The smallest absolute Gasteiger partial charge is 0.255 e. The normalized spacial score (nSPS) is 14.0. The maximum atomic E-state index is 12.2. The fraction of sp³-hybridized carbons (Fsp3) is 0.333. The number of benzene rings is 1. The summed E-state index contributed by atoms with van der Waals surface area (Å²) < 4.78 is 12.9. The van der Waals surface area contributed by atoms with Crippen molar-refractivity contribution in [1.82, 2.24) is 4.57 Å². The summed E-state index contributed by atoms with van der Waals surface area (Å²) in [5.74, 6) is 1.65. The third-order valence-corrected chi connectivity index (χ3v) is 3.88. The number of nitrogens with zero attached hydrogens (tertiary/aromatic N) is 2. The van der Waals surface area contributed by atoms with Crippen LogP contribution in [0.2, 0.25) is 0 Å². The number of ether oxygens (including phenoxy) is 2. The van der Waals surface area contributed by atoms with Gasteiger partial charge in [0.05, 0.1) is 19.8 Å². The van der Waals surface area contributed by atoms with Crippen molar-refractivity contribution in [2.75, 3.05) is 18.5 Å². The number of hydrogen-bond acceptors (Lipinski definition) is 4. The second kappa shape index (κ2) is 7.74. The number of aliphatic imine (C=N–C) groups is 1. The lowest BCUT2D eigenvalue weighted by Crippen LogP contribution is -2.25. The fourth-order valence-corrected chi connectivity index (χ4v) is 2.55. The summed E-state index contributed by atoms with van der Waals surface area (Å²) in [7, 11) is 0. The van der Waals surface area contributed by atoms with Gasteiger partial charge >= 0.3 is 0 Å². The zero-order valence-corrected chi connectivity index (χ0v) is 14.2. The molecule has 0 atom stereocenters. The standard InChI is InChI=1S/C18H22N4O3/c1-2-22-8-3-5-13(17(22)23)12-20-18(19)21-14-6-7-15-16(11-14)25-10-4-9-24-15/h3,5-8,11H,2,4,9-10,12H2,1H3,(H3,19,20,21). The van der Waals surface area contributed by atoms with E-state index in [1.807, 2.05) is 31.2 Å². The van der Waals surface area contributed by atoms with Crippen LogP contribution in [0.25, 0.3) is 0 Å². The summed E-state index contributed by atoms with van der Waals surface area (Å²) in [4.78, 5) is 16.4. The molecule has 0 amide bonds. The van der Waals surface area contributed by atoms with Gasteiger partial charge in [-0.3, -0.25) is 4.79 Å². The SMILES string of the molecule is CCn1cccc(CN=C(N)Nc2ccc3c(c2)OCCCO3)c1=O. The number of aryl methyl sites for hydroxylation is 1. The molecule has 1 aromatic carbocycles. The van der Waals surface area contributed by atoms with Crippen LogP contribution >= 0.6 is 0 Å². The summed E-state index contributed by atoms with van der Waals surface area (Å²) in [5, 5.41) is 3.01. The topological polar surface area (TPSA) is 90.9 Å². The molecule has 1 aliphatic heterocycles. The minimum Gasteiger partial charge on any atom is -0.490 e. The molecule has 0 unspecified atom stereocenters. The molecule has 0 radical (unpaired) electrons. The van der Waals surface area contributed by atoms with E-state index in [9.17, 15) is 4.79 Å². The molecule has 0 fully saturated rings. The first-order valence-corrected chi connectivity index (χ1v) is 8.32. The first-order chi connectivity index (χ1) is 12.2. The third kappa shape index (κ3) is 4.12. The van der Waals surface area contributed by atoms with Gasteiger partial charge in [-0.05, 0) is 25.1 Å². The average Bonchev–Trinajstić information content (AvgIpc) is 2.86. The van der Waals surface area contributed by atoms with Crippen LogP contribution < -0.4 is 26.1 Å². The van der Waals surface area contributed by atoms with Crippen molar-refractivity contribution in [2.45, 2.75) is 26.4 Å². The van der Waals surface area contributed by atoms with E-state index in [1.165, 1.54) is 0 Å². The van der Waals surface area contributed by atoms with Crippen LogP contribution in [-0.4, -0.2) is 23.7 Å². The highest BCUT2D eigenvalue weighted by Gasteiger charge is 2.11. The van der Waals surface area contributed by atoms with E-state index >= 15 is 0 Å². The van der Waals surface area contributed by atoms with Crippen molar-refractivity contribution in [2.24, 2.45) is 10.7 Å². The number of fused-ring (bicyclic) bond motifs is 1. The highest BCUT2D eigenvalue weighted by atomic mass is 16.5. The Labute approximate surface area is 146 Å². The van der Waals surface area contributed by atoms with Crippen LogP contribution in [0.1, 0.15) is 18.9 Å². The molecule has 2 heterocycles. The molecular formula is C18H22N4O3. The van der Waals surface area contributed by atoms with Crippen LogP contribution in [0.4, 0.5) is 5.69 Å². The van der Waals surface area contributed by atoms with Crippen LogP contribution in [0.3, 0.4) is 0 Å². The lowest BCUT2D eigenvalue weighted by atomic mass is 10.2. The van der Waals surface area contributed by atoms with Gasteiger partial charge in [0.25, 0.3) is 5.56 Å². The Balaban J connectivity index is 1.70. The molecule has 0 aliphatic carbocycles. The lowest BCUT2D eigenvalue weighted by molar-refractivity contribution is 0.297. The molecule has 0 bridgehead atoms. The van der Waals surface area contributed by atoms with Gasteiger partial charge in [0.15, 0.2) is 17.5 Å². The lowest BCUT2D eigenvalue weighted by Gasteiger charge is -2.11. The number of anilines is 1. The Morgan fingerprint density at radius 2 is 2.08 bits per heavy atom. The van der Waals surface area contributed by atoms with Crippen molar-refractivity contribution >= 4 is 11.6 Å². The Bertz CT molecular complexity index is 829. The van der Waals surface area contributed by atoms with Crippen molar-refractivity contribution in [1.29, 1.82) is 0 Å². The van der Waals surface area contributed by atoms with E-state index in [0.717, 1.165) is 17.9 Å². The van der Waals surface area contributed by atoms with E-state index < -0.39 is 0 Å². The van der Waals surface area contributed by atoms with Gasteiger partial charge in [-0.1, -0.05) is 6.07 Å². The second-order valence-corrected chi connectivity index (χ2v) is 5.66. The highest BCUT2D eigenvalue weighted by Crippen LogP contribution is 2.32. The summed E-state index contributed by atoms with van der Waals surface area (Å²) in [5.41, 5.74) is 7.25. The van der Waals surface area contributed by atoms with Gasteiger partial charge in [-0.25, -0.2) is 4.99 Å². The second-order valence-electron chi connectivity index (χ2n) is 5.66. The monoisotopic (exact) mass is 342 g/mol. The highest BCUT2D eigenvalue weighted by molar-refractivity contribution is 5.92. The van der Waals surface area contributed by atoms with Gasteiger partial charge in [0, 0.05) is 36.5 Å². The summed E-state index contributed by atoms with van der Waals surface area (Å²) in [6, 6.07) is 9.12. The van der Waals surface area contributed by atoms with Crippen molar-refractivity contribution in [3.63, 3.8) is 0 Å². The fourth-order valence-electron chi connectivity index (χ4n) is 2.55. The molecule has 0 spiro atoms. The molecule has 132 valence electrons. The quantitative estimate of drug-likeness (QED) is 0.655. The zero-order valence-electron chi connectivity index (χ0n) is 14.2. The number of guanidine groups is 1. The minimum atomic E-state index is -0.0443. The molecule has 0 saturated carbocycles. The molecule has 1 aromatic heterocycles. The maximum Gasteiger partial charge on any atom is 0.255 e. The number of aromatic nitrogens is 1. The summed E-state index contributed by atoms with van der Waals surface area (Å²) in [6.45, 7) is 4.05. The Kier molecular flexibility index (Phi) is 5.23. The molecule has 7 nitrogen and oxygen atoms in total. The Morgan fingerprint density at radius 1 is 1.28 bits per heavy atom. The van der Waals surface area contributed by atoms with Crippen molar-refractivity contribution in [3.05, 3.63) is 52.4 Å². The molecule has 3 rings (SSSR count). The van der Waals surface area contributed by atoms with Gasteiger partial charge in [-0.2, -0.15) is 0 Å². The van der Waals surface area contributed by atoms with Crippen LogP contribution in [0.5, 0.6) is 11.5 Å². The maximum absolute atomic E-state index is 12.2. The number of nitrogens with two attached hydrogens (primary N) is 1. The summed E-state index contributed by atoms with van der Waals surface area (Å²) in [6.07, 6.45) is 2.61. The Morgan fingerprint density at radius 3 is 2.88 bits per heavy atom. The van der Waals surface area contributed by atoms with Crippen LogP contribution in [-0.2, 0) is 13.1 Å². The number of nitrogens with one attached hydrogen (secondary N) is 1. The number of pyridine rings is 1. The minimum absolute atomic E-state index is 0.0443. The van der Waals surface area contributed by atoms with Gasteiger partial charge in [0.1, 0.15) is 0 Å². The van der Waals surface area contributed by atoms with Crippen LogP contribution in [0, 0.1) is 0 Å². The first kappa shape index (κ1) is 16.9. The van der Waals surface area contributed by atoms with E-state index in [4.69, 9.17) is 15.2 Å². The van der Waals surface area contributed by atoms with Gasteiger partial charge in [-0.15, -0.1) is 0 Å². The number of hydrogen-bond donors (Lipinski definition) is 2. The molecule has 2 aromatic rings. The zero-order chi connectivity index (χ0) is 17.6. The first-order valence-electron chi connectivity index (χ1n) is 8.32. The van der Waals surface area contributed by atoms with E-state index in [1.54, 1.807) is 16.8 Å². The predicted molar refractivity (Wildman–Crippen MR) is 97.4 cm³/mol. The molecule has 1 aliphatic rings. The molecule has 25 heavy (non-hydrogen) atoms. The van der Waals surface area contributed by atoms with Gasteiger partial charge < -0.3 is 25.1 Å². The third-order valence-electron chi connectivity index (χ3n) is 3.88. The van der Waals surface area contributed by atoms with E-state index in [-0.39, 0.29) is 18.1 Å². The van der Waals surface area contributed by atoms with Crippen molar-refractivity contribution in [3.8, 4) is 11.5 Å². The predicted octanol–water partition coefficient (Wildman–Crippen LogP) is 1.96. The largest absolute Gasteiger partial charge is 0.490 e. The van der Waals surface area contributed by atoms with Crippen LogP contribution in [0.15, 0.2) is 46.3 Å². The number of rotatable bonds is 4. The summed E-state index contributed by atoms with van der Waals surface area (Å²) >= 11 is 0. The molecule has 0 saturated heterocycles. The Hall–Kier alpha value is -2.96.